The Morgan fingerprint density at radius 2 is 2.00 bits per heavy atom. The number of alkyl halides is 1. The molecule has 0 aromatic heterocycles. The van der Waals surface area contributed by atoms with Crippen LogP contribution in [0, 0.1) is 11.8 Å². The lowest BCUT2D eigenvalue weighted by molar-refractivity contribution is -0.115. The molecule has 0 heterocycles. The van der Waals surface area contributed by atoms with E-state index in [4.69, 9.17) is 11.6 Å². The fraction of sp³-hybridized carbons (Fsp3) is 0.286. The molecule has 1 N–H and O–H groups in total. The third-order valence-corrected chi connectivity index (χ3v) is 2.95. The topological polar surface area (TPSA) is 46.2 Å². The van der Waals surface area contributed by atoms with E-state index in [1.165, 1.54) is 18.7 Å². The minimum atomic E-state index is -0.105. The highest BCUT2D eigenvalue weighted by atomic mass is 35.5. The van der Waals surface area contributed by atoms with E-state index in [2.05, 4.69) is 17.2 Å². The van der Waals surface area contributed by atoms with Crippen molar-refractivity contribution < 1.29 is 9.59 Å². The van der Waals surface area contributed by atoms with Gasteiger partial charge in [0.1, 0.15) is 0 Å². The van der Waals surface area contributed by atoms with Gasteiger partial charge in [-0.2, -0.15) is 0 Å². The Kier molecular flexibility index (Phi) is 7.09. The molecule has 0 saturated heterocycles. The van der Waals surface area contributed by atoms with Crippen LogP contribution in [-0.4, -0.2) is 22.7 Å². The SMILES string of the molecule is CC(=O)SCC#Cc1ccc(NC(=O)CCCl)cc1. The summed E-state index contributed by atoms with van der Waals surface area (Å²) in [5, 5.41) is 2.79. The first-order valence-corrected chi connectivity index (χ1v) is 7.22. The number of nitrogens with one attached hydrogen (secondary N) is 1. The van der Waals surface area contributed by atoms with Crippen LogP contribution in [0.25, 0.3) is 0 Å². The van der Waals surface area contributed by atoms with Crippen LogP contribution >= 0.6 is 23.4 Å². The first kappa shape index (κ1) is 15.6. The number of carbonyl (C=O) groups excluding carboxylic acids is 2. The molecule has 1 amide bonds. The van der Waals surface area contributed by atoms with Crippen molar-refractivity contribution in [3.63, 3.8) is 0 Å². The third-order valence-electron chi connectivity index (χ3n) is 2.07. The summed E-state index contributed by atoms with van der Waals surface area (Å²) >= 11 is 6.66. The van der Waals surface area contributed by atoms with Crippen molar-refractivity contribution in [1.82, 2.24) is 0 Å². The average molecular weight is 296 g/mol. The highest BCUT2D eigenvalue weighted by molar-refractivity contribution is 8.13. The summed E-state index contributed by atoms with van der Waals surface area (Å²) in [7, 11) is 0. The minimum Gasteiger partial charge on any atom is -0.326 e. The van der Waals surface area contributed by atoms with Crippen LogP contribution < -0.4 is 5.32 Å². The number of benzene rings is 1. The summed E-state index contributed by atoms with van der Waals surface area (Å²) < 4.78 is 0. The quantitative estimate of drug-likeness (QED) is 0.686. The van der Waals surface area contributed by atoms with Gasteiger partial charge in [0.15, 0.2) is 5.12 Å². The van der Waals surface area contributed by atoms with Crippen molar-refractivity contribution in [3.05, 3.63) is 29.8 Å². The summed E-state index contributed by atoms with van der Waals surface area (Å²) in [5.41, 5.74) is 1.57. The first-order valence-electron chi connectivity index (χ1n) is 5.70. The van der Waals surface area contributed by atoms with E-state index in [-0.39, 0.29) is 11.0 Å². The van der Waals surface area contributed by atoms with E-state index in [0.717, 1.165) is 11.3 Å². The number of rotatable bonds is 4. The van der Waals surface area contributed by atoms with Crippen LogP contribution in [-0.2, 0) is 9.59 Å². The number of hydrogen-bond donors (Lipinski definition) is 1. The molecule has 1 rings (SSSR count). The molecule has 0 fully saturated rings. The fourth-order valence-corrected chi connectivity index (χ4v) is 1.74. The van der Waals surface area contributed by atoms with Gasteiger partial charge in [-0.25, -0.2) is 0 Å². The predicted octanol–water partition coefficient (Wildman–Crippen LogP) is 2.89. The lowest BCUT2D eigenvalue weighted by Gasteiger charge is -2.03. The Morgan fingerprint density at radius 1 is 1.32 bits per heavy atom. The smallest absolute Gasteiger partial charge is 0.225 e. The normalized spacial score (nSPS) is 9.37. The molecule has 5 heteroatoms. The molecule has 0 spiro atoms. The lowest BCUT2D eigenvalue weighted by atomic mass is 10.2. The monoisotopic (exact) mass is 295 g/mol. The molecule has 0 aliphatic carbocycles. The minimum absolute atomic E-state index is 0.0617. The van der Waals surface area contributed by atoms with Gasteiger partial charge in [0.05, 0.1) is 5.75 Å². The highest BCUT2D eigenvalue weighted by Crippen LogP contribution is 2.09. The molecule has 0 aliphatic rings. The van der Waals surface area contributed by atoms with Crippen molar-refractivity contribution in [2.75, 3.05) is 16.9 Å². The maximum absolute atomic E-state index is 11.3. The summed E-state index contributed by atoms with van der Waals surface area (Å²) in [6.45, 7) is 1.52. The summed E-state index contributed by atoms with van der Waals surface area (Å²) in [6, 6.07) is 7.21. The van der Waals surface area contributed by atoms with Gasteiger partial charge in [0, 0.05) is 30.5 Å². The average Bonchev–Trinajstić information content (AvgIpc) is 2.36. The zero-order valence-corrected chi connectivity index (χ0v) is 12.1. The van der Waals surface area contributed by atoms with E-state index < -0.39 is 0 Å². The Balaban J connectivity index is 2.51. The zero-order chi connectivity index (χ0) is 14.1. The van der Waals surface area contributed by atoms with Gasteiger partial charge >= 0.3 is 0 Å². The molecule has 0 unspecified atom stereocenters. The van der Waals surface area contributed by atoms with Gasteiger partial charge in [-0.05, 0) is 24.3 Å². The second-order valence-electron chi connectivity index (χ2n) is 3.65. The van der Waals surface area contributed by atoms with Gasteiger partial charge < -0.3 is 5.32 Å². The third kappa shape index (κ3) is 6.90. The molecule has 100 valence electrons. The maximum Gasteiger partial charge on any atom is 0.225 e. The Morgan fingerprint density at radius 3 is 2.58 bits per heavy atom. The maximum atomic E-state index is 11.3. The molecule has 1 aromatic carbocycles. The molecule has 1 aromatic rings. The Labute approximate surface area is 122 Å². The van der Waals surface area contributed by atoms with E-state index in [1.807, 2.05) is 12.1 Å². The van der Waals surface area contributed by atoms with Crippen LogP contribution in [0.1, 0.15) is 18.9 Å². The molecular weight excluding hydrogens is 282 g/mol. The molecule has 0 aliphatic heterocycles. The van der Waals surface area contributed by atoms with Crippen molar-refractivity contribution in [3.8, 4) is 11.8 Å². The van der Waals surface area contributed by atoms with E-state index in [0.29, 0.717) is 18.1 Å². The van der Waals surface area contributed by atoms with Crippen LogP contribution in [0.5, 0.6) is 0 Å². The largest absolute Gasteiger partial charge is 0.326 e. The second kappa shape index (κ2) is 8.63. The van der Waals surface area contributed by atoms with Gasteiger partial charge in [0.2, 0.25) is 5.91 Å². The first-order chi connectivity index (χ1) is 9.11. The van der Waals surface area contributed by atoms with Gasteiger partial charge in [0.25, 0.3) is 0 Å². The van der Waals surface area contributed by atoms with Crippen LogP contribution in [0.15, 0.2) is 24.3 Å². The van der Waals surface area contributed by atoms with Crippen molar-refractivity contribution in [2.45, 2.75) is 13.3 Å². The highest BCUT2D eigenvalue weighted by Gasteiger charge is 2.00. The predicted molar refractivity (Wildman–Crippen MR) is 80.4 cm³/mol. The summed E-state index contributed by atoms with van der Waals surface area (Å²) in [4.78, 5) is 22.0. The number of halogens is 1. The fourth-order valence-electron chi connectivity index (χ4n) is 1.22. The zero-order valence-electron chi connectivity index (χ0n) is 10.5. The number of hydrogen-bond acceptors (Lipinski definition) is 3. The molecule has 0 atom stereocenters. The number of carbonyl (C=O) groups is 2. The molecule has 0 bridgehead atoms. The van der Waals surface area contributed by atoms with Crippen molar-refractivity contribution in [2.24, 2.45) is 0 Å². The summed E-state index contributed by atoms with van der Waals surface area (Å²) in [5.74, 6) is 6.54. The standard InChI is InChI=1S/C14H14ClNO2S/c1-11(17)19-10-2-3-12-4-6-13(7-5-12)16-14(18)8-9-15/h4-7H,8-10H2,1H3,(H,16,18). The van der Waals surface area contributed by atoms with Crippen molar-refractivity contribution >= 4 is 40.1 Å². The Bertz CT molecular complexity index is 502. The number of amides is 1. The van der Waals surface area contributed by atoms with Crippen molar-refractivity contribution in [1.29, 1.82) is 0 Å². The lowest BCUT2D eigenvalue weighted by Crippen LogP contribution is -2.11. The van der Waals surface area contributed by atoms with Gasteiger partial charge in [-0.1, -0.05) is 23.6 Å². The van der Waals surface area contributed by atoms with Gasteiger partial charge in [-0.3, -0.25) is 9.59 Å². The van der Waals surface area contributed by atoms with E-state index in [1.54, 1.807) is 12.1 Å². The van der Waals surface area contributed by atoms with Crippen LogP contribution in [0.2, 0.25) is 0 Å². The number of anilines is 1. The number of thioether (sulfide) groups is 1. The molecule has 0 radical (unpaired) electrons. The molecule has 19 heavy (non-hydrogen) atoms. The molecule has 0 saturated carbocycles. The second-order valence-corrected chi connectivity index (χ2v) is 5.18. The van der Waals surface area contributed by atoms with Gasteiger partial charge in [-0.15, -0.1) is 11.6 Å². The van der Waals surface area contributed by atoms with E-state index >= 15 is 0 Å². The van der Waals surface area contributed by atoms with Crippen LogP contribution in [0.4, 0.5) is 5.69 Å². The Hall–Kier alpha value is -1.44. The van der Waals surface area contributed by atoms with E-state index in [9.17, 15) is 9.59 Å². The molecule has 3 nitrogen and oxygen atoms in total. The summed E-state index contributed by atoms with van der Waals surface area (Å²) in [6.07, 6.45) is 0.297. The van der Waals surface area contributed by atoms with Crippen LogP contribution in [0.3, 0.4) is 0 Å². The molecular formula is C14H14ClNO2S.